The van der Waals surface area contributed by atoms with Crippen molar-refractivity contribution in [2.24, 2.45) is 0 Å². The highest BCUT2D eigenvalue weighted by Crippen LogP contribution is 2.15. The second-order valence-corrected chi connectivity index (χ2v) is 13.0. The van der Waals surface area contributed by atoms with Crippen molar-refractivity contribution in [3.63, 3.8) is 0 Å². The molecule has 0 radical (unpaired) electrons. The Kier molecular flexibility index (Phi) is 33.9. The van der Waals surface area contributed by atoms with Crippen molar-refractivity contribution >= 4 is 5.91 Å². The zero-order valence-electron chi connectivity index (χ0n) is 28.5. The molecule has 0 spiro atoms. The number of hydrogen-bond acceptors (Lipinski definition) is 3. The van der Waals surface area contributed by atoms with Gasteiger partial charge in [-0.05, 0) is 19.3 Å². The zero-order valence-corrected chi connectivity index (χ0v) is 28.5. The molecule has 42 heavy (non-hydrogen) atoms. The van der Waals surface area contributed by atoms with E-state index in [-0.39, 0.29) is 12.5 Å². The topological polar surface area (TPSA) is 69.6 Å². The van der Waals surface area contributed by atoms with Crippen LogP contribution in [0.1, 0.15) is 206 Å². The first kappa shape index (κ1) is 41.1. The summed E-state index contributed by atoms with van der Waals surface area (Å²) < 4.78 is 0. The third kappa shape index (κ3) is 30.6. The Bertz CT molecular complexity index is 565. The Morgan fingerprint density at radius 2 is 0.881 bits per heavy atom. The van der Waals surface area contributed by atoms with E-state index in [1.54, 1.807) is 6.08 Å². The molecule has 0 aliphatic carbocycles. The molecule has 2 atom stereocenters. The molecule has 0 bridgehead atoms. The van der Waals surface area contributed by atoms with Gasteiger partial charge < -0.3 is 15.5 Å². The van der Waals surface area contributed by atoms with E-state index in [1.165, 1.54) is 161 Å². The summed E-state index contributed by atoms with van der Waals surface area (Å²) in [4.78, 5) is 12.3. The van der Waals surface area contributed by atoms with Gasteiger partial charge in [0.15, 0.2) is 0 Å². The van der Waals surface area contributed by atoms with Gasteiger partial charge in [-0.3, -0.25) is 4.79 Å². The van der Waals surface area contributed by atoms with E-state index in [4.69, 9.17) is 0 Å². The van der Waals surface area contributed by atoms with Crippen LogP contribution >= 0.6 is 0 Å². The zero-order chi connectivity index (χ0) is 30.8. The number of amides is 1. The van der Waals surface area contributed by atoms with Crippen LogP contribution in [0.25, 0.3) is 0 Å². The number of nitrogens with one attached hydrogen (secondary N) is 1. The normalized spacial score (nSPS) is 13.1. The number of carbonyl (C=O) groups excluding carboxylic acids is 1. The van der Waals surface area contributed by atoms with Gasteiger partial charge in [-0.15, -0.1) is 0 Å². The second kappa shape index (κ2) is 34.6. The van der Waals surface area contributed by atoms with Crippen LogP contribution < -0.4 is 5.32 Å². The maximum Gasteiger partial charge on any atom is 0.220 e. The van der Waals surface area contributed by atoms with Gasteiger partial charge in [0.2, 0.25) is 5.91 Å². The molecule has 0 unspecified atom stereocenters. The fourth-order valence-corrected chi connectivity index (χ4v) is 5.82. The Labute approximate surface area is 263 Å². The number of unbranched alkanes of at least 4 members (excludes halogenated alkanes) is 27. The first-order chi connectivity index (χ1) is 20.7. The number of aliphatic hydroxyl groups is 2. The van der Waals surface area contributed by atoms with Crippen LogP contribution in [0.5, 0.6) is 0 Å². The average molecular weight is 594 g/mol. The van der Waals surface area contributed by atoms with E-state index in [0.29, 0.717) is 6.42 Å². The molecule has 0 aromatic rings. The summed E-state index contributed by atoms with van der Waals surface area (Å²) in [7, 11) is 0. The highest BCUT2D eigenvalue weighted by molar-refractivity contribution is 5.76. The van der Waals surface area contributed by atoms with Crippen molar-refractivity contribution in [3.8, 4) is 0 Å². The van der Waals surface area contributed by atoms with E-state index in [9.17, 15) is 15.0 Å². The first-order valence-electron chi connectivity index (χ1n) is 18.9. The fourth-order valence-electron chi connectivity index (χ4n) is 5.82. The molecule has 0 saturated carbocycles. The minimum absolute atomic E-state index is 0.0630. The number of aliphatic hydroxyl groups excluding tert-OH is 2. The number of hydrogen-bond donors (Lipinski definition) is 3. The first-order valence-corrected chi connectivity index (χ1v) is 18.9. The molecule has 4 heteroatoms. The summed E-state index contributed by atoms with van der Waals surface area (Å²) in [5, 5.41) is 22.8. The third-order valence-electron chi connectivity index (χ3n) is 8.77. The van der Waals surface area contributed by atoms with Crippen LogP contribution in [0.15, 0.2) is 12.2 Å². The highest BCUT2D eigenvalue weighted by Gasteiger charge is 2.17. The lowest BCUT2D eigenvalue weighted by Gasteiger charge is -2.20. The number of carbonyl (C=O) groups is 1. The van der Waals surface area contributed by atoms with Crippen molar-refractivity contribution in [1.82, 2.24) is 5.32 Å². The summed E-state index contributed by atoms with van der Waals surface area (Å²) in [6.45, 7) is 4.29. The molecule has 4 nitrogen and oxygen atoms in total. The molecule has 250 valence electrons. The standard InChI is InChI=1S/C38H75NO3/c1-3-5-7-9-11-13-15-16-17-18-19-20-21-22-23-24-26-28-30-32-34-38(42)39-36(35-40)37(41)33-31-29-27-25-14-12-10-8-6-4-2/h31,33,36-37,40-41H,3-30,32,34-35H2,1-2H3,(H,39,42)/b33-31+/t36-,37+/m0/s1. The minimum Gasteiger partial charge on any atom is -0.394 e. The molecule has 0 rings (SSSR count). The van der Waals surface area contributed by atoms with Crippen LogP contribution in [0.2, 0.25) is 0 Å². The van der Waals surface area contributed by atoms with Gasteiger partial charge in [-0.1, -0.05) is 193 Å². The van der Waals surface area contributed by atoms with Gasteiger partial charge in [-0.2, -0.15) is 0 Å². The maximum absolute atomic E-state index is 12.3. The molecule has 0 aliphatic rings. The minimum atomic E-state index is -0.831. The van der Waals surface area contributed by atoms with Crippen LogP contribution in [0.3, 0.4) is 0 Å². The Morgan fingerprint density at radius 3 is 1.24 bits per heavy atom. The van der Waals surface area contributed by atoms with Gasteiger partial charge in [-0.25, -0.2) is 0 Å². The van der Waals surface area contributed by atoms with Gasteiger partial charge in [0, 0.05) is 6.42 Å². The van der Waals surface area contributed by atoms with E-state index < -0.39 is 12.1 Å². The van der Waals surface area contributed by atoms with E-state index in [2.05, 4.69) is 19.2 Å². The molecule has 0 aromatic heterocycles. The molecule has 0 heterocycles. The third-order valence-corrected chi connectivity index (χ3v) is 8.77. The second-order valence-electron chi connectivity index (χ2n) is 13.0. The number of allylic oxidation sites excluding steroid dienone is 1. The largest absolute Gasteiger partial charge is 0.394 e. The summed E-state index contributed by atoms with van der Waals surface area (Å²) in [6, 6.07) is -0.613. The van der Waals surface area contributed by atoms with Crippen LogP contribution in [-0.2, 0) is 4.79 Å². The van der Waals surface area contributed by atoms with Gasteiger partial charge in [0.25, 0.3) is 0 Å². The van der Waals surface area contributed by atoms with E-state index >= 15 is 0 Å². The molecule has 1 amide bonds. The highest BCUT2D eigenvalue weighted by atomic mass is 16.3. The van der Waals surface area contributed by atoms with Crippen molar-refractivity contribution in [1.29, 1.82) is 0 Å². The SMILES string of the molecule is CCCCCCCCCC/C=C/[C@@H](O)[C@H](CO)NC(=O)CCCCCCCCCCCCCCCCCCCCCC. The van der Waals surface area contributed by atoms with Crippen molar-refractivity contribution < 1.29 is 15.0 Å². The number of rotatable bonds is 34. The smallest absolute Gasteiger partial charge is 0.220 e. The lowest BCUT2D eigenvalue weighted by atomic mass is 10.0. The van der Waals surface area contributed by atoms with Crippen LogP contribution in [0.4, 0.5) is 0 Å². The molecule has 0 fully saturated rings. The lowest BCUT2D eigenvalue weighted by molar-refractivity contribution is -0.123. The quantitative estimate of drug-likeness (QED) is 0.0513. The van der Waals surface area contributed by atoms with Gasteiger partial charge in [0.1, 0.15) is 0 Å². The average Bonchev–Trinajstić information content (AvgIpc) is 2.99. The predicted octanol–water partition coefficient (Wildman–Crippen LogP) is 11.1. The Morgan fingerprint density at radius 1 is 0.548 bits per heavy atom. The summed E-state index contributed by atoms with van der Waals surface area (Å²) in [5.74, 6) is -0.0630. The van der Waals surface area contributed by atoms with Crippen molar-refractivity contribution in [2.75, 3.05) is 6.61 Å². The van der Waals surface area contributed by atoms with Gasteiger partial charge in [0.05, 0.1) is 18.8 Å². The molecule has 3 N–H and O–H groups in total. The fraction of sp³-hybridized carbons (Fsp3) is 0.921. The molecular weight excluding hydrogens is 518 g/mol. The summed E-state index contributed by atoms with van der Waals surface area (Å²) in [5.41, 5.74) is 0. The molecule has 0 aromatic carbocycles. The van der Waals surface area contributed by atoms with E-state index in [1.807, 2.05) is 6.08 Å². The molecule has 0 aliphatic heterocycles. The Hall–Kier alpha value is -0.870. The molecule has 0 saturated heterocycles. The Balaban J connectivity index is 3.51. The molecular formula is C38H75NO3. The van der Waals surface area contributed by atoms with Crippen molar-refractivity contribution in [2.45, 2.75) is 219 Å². The van der Waals surface area contributed by atoms with E-state index in [0.717, 1.165) is 25.7 Å². The van der Waals surface area contributed by atoms with Gasteiger partial charge >= 0.3 is 0 Å². The lowest BCUT2D eigenvalue weighted by Crippen LogP contribution is -2.45. The predicted molar refractivity (Wildman–Crippen MR) is 184 cm³/mol. The van der Waals surface area contributed by atoms with Crippen LogP contribution in [-0.4, -0.2) is 34.9 Å². The van der Waals surface area contributed by atoms with Crippen molar-refractivity contribution in [3.05, 3.63) is 12.2 Å². The maximum atomic E-state index is 12.3. The van der Waals surface area contributed by atoms with Crippen LogP contribution in [0, 0.1) is 0 Å². The monoisotopic (exact) mass is 594 g/mol. The summed E-state index contributed by atoms with van der Waals surface area (Å²) in [6.07, 6.45) is 41.6. The summed E-state index contributed by atoms with van der Waals surface area (Å²) >= 11 is 0.